The van der Waals surface area contributed by atoms with Crippen molar-refractivity contribution in [3.05, 3.63) is 99.4 Å². The lowest BCUT2D eigenvalue weighted by Crippen LogP contribution is -2.26. The van der Waals surface area contributed by atoms with Gasteiger partial charge in [0.05, 0.1) is 11.4 Å². The van der Waals surface area contributed by atoms with Gasteiger partial charge in [0, 0.05) is 0 Å². The topological polar surface area (TPSA) is 18.8 Å². The lowest BCUT2D eigenvalue weighted by Gasteiger charge is -2.27. The number of hydrogen-bond donors (Lipinski definition) is 0. The fraction of sp³-hybridized carbons (Fsp3) is 0.222. The average molecular weight is 396 g/mol. The Morgan fingerprint density at radius 2 is 1.17 bits per heavy atom. The number of hydrazone groups is 1. The summed E-state index contributed by atoms with van der Waals surface area (Å²) >= 11 is 0. The van der Waals surface area contributed by atoms with Crippen molar-refractivity contribution in [3.8, 4) is 0 Å². The number of anilines is 2. The monoisotopic (exact) mass is 395 g/mol. The molecular formula is C27H29N3. The van der Waals surface area contributed by atoms with E-state index in [1.165, 1.54) is 39.1 Å². The van der Waals surface area contributed by atoms with E-state index in [9.17, 15) is 0 Å². The van der Waals surface area contributed by atoms with Crippen LogP contribution in [0.1, 0.15) is 38.9 Å². The molecule has 0 saturated heterocycles. The highest BCUT2D eigenvalue weighted by atomic mass is 15.6. The van der Waals surface area contributed by atoms with Crippen molar-refractivity contribution >= 4 is 23.8 Å². The summed E-state index contributed by atoms with van der Waals surface area (Å²) in [5, 5.41) is 6.94. The third-order valence-electron chi connectivity index (χ3n) is 5.57. The van der Waals surface area contributed by atoms with Gasteiger partial charge in [-0.1, -0.05) is 65.7 Å². The summed E-state index contributed by atoms with van der Waals surface area (Å²) in [5.74, 6) is 1.03. The fourth-order valence-corrected chi connectivity index (χ4v) is 4.56. The summed E-state index contributed by atoms with van der Waals surface area (Å²) in [7, 11) is 0. The first-order chi connectivity index (χ1) is 14.3. The van der Waals surface area contributed by atoms with Crippen LogP contribution in [0.4, 0.5) is 11.4 Å². The van der Waals surface area contributed by atoms with Crippen molar-refractivity contribution in [1.82, 2.24) is 0 Å². The standard InChI is InChI=1S/C27H29N3/c1-18-12-20(3)26(21(4)13-18)29-17-28-30(25(29)16-24-10-8-7-9-11-24)27-22(5)14-19(2)15-23(27)6/h7-17H,1-6H3/b25-16-. The van der Waals surface area contributed by atoms with Gasteiger partial charge < -0.3 is 0 Å². The zero-order valence-electron chi connectivity index (χ0n) is 18.7. The molecule has 152 valence electrons. The van der Waals surface area contributed by atoms with Gasteiger partial charge in [-0.2, -0.15) is 5.10 Å². The minimum absolute atomic E-state index is 1.03. The molecule has 3 nitrogen and oxygen atoms in total. The number of rotatable bonds is 3. The normalized spacial score (nSPS) is 14.8. The van der Waals surface area contributed by atoms with Crippen molar-refractivity contribution in [2.75, 3.05) is 9.91 Å². The van der Waals surface area contributed by atoms with E-state index in [2.05, 4.69) is 106 Å². The zero-order chi connectivity index (χ0) is 21.4. The van der Waals surface area contributed by atoms with E-state index in [1.54, 1.807) is 0 Å². The summed E-state index contributed by atoms with van der Waals surface area (Å²) in [6, 6.07) is 19.4. The maximum atomic E-state index is 4.86. The minimum atomic E-state index is 1.03. The molecule has 4 rings (SSSR count). The summed E-state index contributed by atoms with van der Waals surface area (Å²) in [4.78, 5) is 2.22. The highest BCUT2D eigenvalue weighted by Gasteiger charge is 2.28. The molecule has 0 bridgehead atoms. The Bertz CT molecular complexity index is 1040. The highest BCUT2D eigenvalue weighted by Crippen LogP contribution is 2.38. The number of nitrogens with zero attached hydrogens (tertiary/aromatic N) is 3. The molecule has 3 heteroatoms. The van der Waals surface area contributed by atoms with Crippen LogP contribution in [-0.4, -0.2) is 6.34 Å². The predicted octanol–water partition coefficient (Wildman–Crippen LogP) is 6.81. The van der Waals surface area contributed by atoms with Crippen molar-refractivity contribution in [1.29, 1.82) is 0 Å². The maximum absolute atomic E-state index is 4.86. The van der Waals surface area contributed by atoms with Crippen LogP contribution in [0.3, 0.4) is 0 Å². The lowest BCUT2D eigenvalue weighted by molar-refractivity contribution is 1.01. The molecule has 0 fully saturated rings. The summed E-state index contributed by atoms with van der Waals surface area (Å²) in [6.45, 7) is 13.0. The molecule has 0 saturated carbocycles. The Hall–Kier alpha value is -3.33. The maximum Gasteiger partial charge on any atom is 0.141 e. The largest absolute Gasteiger partial charge is 0.283 e. The molecule has 0 aliphatic carbocycles. The van der Waals surface area contributed by atoms with E-state index in [1.807, 2.05) is 12.4 Å². The minimum Gasteiger partial charge on any atom is -0.283 e. The smallest absolute Gasteiger partial charge is 0.141 e. The van der Waals surface area contributed by atoms with Gasteiger partial charge >= 0.3 is 0 Å². The Morgan fingerprint density at radius 3 is 1.70 bits per heavy atom. The quantitative estimate of drug-likeness (QED) is 0.485. The van der Waals surface area contributed by atoms with Crippen molar-refractivity contribution in [2.45, 2.75) is 41.5 Å². The van der Waals surface area contributed by atoms with E-state index in [0.29, 0.717) is 0 Å². The van der Waals surface area contributed by atoms with Crippen LogP contribution in [-0.2, 0) is 0 Å². The van der Waals surface area contributed by atoms with Crippen LogP contribution in [0.15, 0.2) is 65.5 Å². The van der Waals surface area contributed by atoms with Crippen LogP contribution in [0, 0.1) is 41.5 Å². The van der Waals surface area contributed by atoms with Crippen LogP contribution in [0.2, 0.25) is 0 Å². The van der Waals surface area contributed by atoms with E-state index >= 15 is 0 Å². The zero-order valence-corrected chi connectivity index (χ0v) is 18.7. The van der Waals surface area contributed by atoms with Crippen molar-refractivity contribution in [3.63, 3.8) is 0 Å². The number of benzene rings is 3. The molecule has 3 aromatic carbocycles. The molecule has 3 aromatic rings. The lowest BCUT2D eigenvalue weighted by atomic mass is 10.0. The Kier molecular flexibility index (Phi) is 5.21. The van der Waals surface area contributed by atoms with Crippen LogP contribution in [0.5, 0.6) is 0 Å². The second kappa shape index (κ2) is 7.83. The Morgan fingerprint density at radius 1 is 0.667 bits per heavy atom. The molecule has 0 aromatic heterocycles. The third kappa shape index (κ3) is 3.63. The fourth-order valence-electron chi connectivity index (χ4n) is 4.56. The van der Waals surface area contributed by atoms with E-state index in [0.717, 1.165) is 17.1 Å². The predicted molar refractivity (Wildman–Crippen MR) is 129 cm³/mol. The average Bonchev–Trinajstić information content (AvgIpc) is 3.04. The van der Waals surface area contributed by atoms with Crippen LogP contribution < -0.4 is 9.91 Å². The summed E-state index contributed by atoms with van der Waals surface area (Å²) in [6.07, 6.45) is 4.16. The second-order valence-corrected chi connectivity index (χ2v) is 8.32. The molecule has 1 aliphatic heterocycles. The van der Waals surface area contributed by atoms with Crippen LogP contribution in [0.25, 0.3) is 6.08 Å². The molecule has 1 heterocycles. The third-order valence-corrected chi connectivity index (χ3v) is 5.57. The van der Waals surface area contributed by atoms with Crippen molar-refractivity contribution < 1.29 is 0 Å². The van der Waals surface area contributed by atoms with Gasteiger partial charge in [-0.25, -0.2) is 5.01 Å². The first kappa shape index (κ1) is 20.0. The van der Waals surface area contributed by atoms with Gasteiger partial charge in [0.15, 0.2) is 0 Å². The van der Waals surface area contributed by atoms with Gasteiger partial charge in [-0.3, -0.25) is 4.90 Å². The molecule has 0 N–H and O–H groups in total. The Labute approximate surface area is 180 Å². The molecule has 1 aliphatic rings. The van der Waals surface area contributed by atoms with Gasteiger partial charge in [-0.15, -0.1) is 0 Å². The molecule has 0 unspecified atom stereocenters. The molecule has 0 radical (unpaired) electrons. The van der Waals surface area contributed by atoms with Crippen molar-refractivity contribution in [2.24, 2.45) is 5.10 Å². The van der Waals surface area contributed by atoms with Gasteiger partial charge in [0.2, 0.25) is 0 Å². The number of aryl methyl sites for hydroxylation is 6. The first-order valence-electron chi connectivity index (χ1n) is 10.4. The summed E-state index contributed by atoms with van der Waals surface area (Å²) in [5.41, 5.74) is 11.0. The first-order valence-corrected chi connectivity index (χ1v) is 10.4. The van der Waals surface area contributed by atoms with E-state index in [4.69, 9.17) is 5.10 Å². The molecule has 0 atom stereocenters. The molecule has 30 heavy (non-hydrogen) atoms. The van der Waals surface area contributed by atoms with Gasteiger partial charge in [-0.05, 0) is 75.4 Å². The van der Waals surface area contributed by atoms with Gasteiger partial charge in [0.25, 0.3) is 0 Å². The van der Waals surface area contributed by atoms with Crippen LogP contribution >= 0.6 is 0 Å². The SMILES string of the molecule is Cc1cc(C)c(N2C=NN(c3c(C)cc(C)cc3C)/C2=C\c2ccccc2)c(C)c1. The Balaban J connectivity index is 1.90. The highest BCUT2D eigenvalue weighted by molar-refractivity contribution is 5.94. The van der Waals surface area contributed by atoms with Gasteiger partial charge in [0.1, 0.15) is 12.2 Å². The van der Waals surface area contributed by atoms with E-state index < -0.39 is 0 Å². The summed E-state index contributed by atoms with van der Waals surface area (Å²) < 4.78 is 0. The molecular weight excluding hydrogens is 366 g/mol. The second-order valence-electron chi connectivity index (χ2n) is 8.32. The van der Waals surface area contributed by atoms with E-state index in [-0.39, 0.29) is 0 Å². The number of hydrogen-bond acceptors (Lipinski definition) is 3. The molecule has 0 spiro atoms. The molecule has 0 amide bonds.